The number of carbonyl (C=O) groups excluding carboxylic acids is 6. The fraction of sp³-hybridized carbons (Fsp3) is 0.442. The molecule has 5 amide bonds. The first-order chi connectivity index (χ1) is 30.7. The van der Waals surface area contributed by atoms with Gasteiger partial charge in [0.15, 0.2) is 0 Å². The first kappa shape index (κ1) is 50.3. The molecule has 4 N–H and O–H groups in total. The Balaban J connectivity index is 1.00. The Hall–Kier alpha value is -5.31. The van der Waals surface area contributed by atoms with Crippen LogP contribution in [0.3, 0.4) is 0 Å². The molecular formula is C43H56N6O11S3. The van der Waals surface area contributed by atoms with Crippen LogP contribution in [0.2, 0.25) is 0 Å². The Morgan fingerprint density at radius 1 is 0.556 bits per heavy atom. The van der Waals surface area contributed by atoms with Crippen molar-refractivity contribution in [3.05, 3.63) is 108 Å². The SMILES string of the molecule is CCOC(=O)NCSCNC(=O)OCCSSCCOC(=O)N1CCN(C(=O)CCC(=O)OCCOC(=O)NCCNC(c2ccccc2)(c2ccccc2)c2ccccc2)CC1. The van der Waals surface area contributed by atoms with Gasteiger partial charge >= 0.3 is 30.3 Å². The van der Waals surface area contributed by atoms with Crippen LogP contribution in [0.4, 0.5) is 19.2 Å². The van der Waals surface area contributed by atoms with Gasteiger partial charge in [0.05, 0.1) is 30.3 Å². The molecule has 0 saturated carbocycles. The first-order valence-corrected chi connectivity index (χ1v) is 24.2. The van der Waals surface area contributed by atoms with Gasteiger partial charge in [-0.05, 0) is 23.6 Å². The van der Waals surface area contributed by atoms with E-state index in [1.54, 1.807) is 11.8 Å². The van der Waals surface area contributed by atoms with E-state index in [1.807, 2.05) is 54.6 Å². The summed E-state index contributed by atoms with van der Waals surface area (Å²) in [6, 6.07) is 30.4. The third kappa shape index (κ3) is 18.1. The highest BCUT2D eigenvalue weighted by atomic mass is 33.1. The Morgan fingerprint density at radius 2 is 1.03 bits per heavy atom. The summed E-state index contributed by atoms with van der Waals surface area (Å²) in [5.41, 5.74) is 2.48. The molecule has 63 heavy (non-hydrogen) atoms. The number of nitrogens with zero attached hydrogens (tertiary/aromatic N) is 2. The molecule has 3 aromatic carbocycles. The van der Waals surface area contributed by atoms with Gasteiger partial charge < -0.3 is 49.4 Å². The number of rotatable bonds is 25. The normalized spacial score (nSPS) is 12.4. The summed E-state index contributed by atoms with van der Waals surface area (Å²) in [5.74, 6) is 0.843. The van der Waals surface area contributed by atoms with Gasteiger partial charge in [-0.3, -0.25) is 14.9 Å². The van der Waals surface area contributed by atoms with E-state index in [1.165, 1.54) is 38.2 Å². The third-order valence-electron chi connectivity index (χ3n) is 9.21. The number of alkyl carbamates (subject to hydrolysis) is 3. The lowest BCUT2D eigenvalue weighted by atomic mass is 9.77. The van der Waals surface area contributed by atoms with Crippen molar-refractivity contribution >= 4 is 69.6 Å². The van der Waals surface area contributed by atoms with Crippen LogP contribution < -0.4 is 21.3 Å². The van der Waals surface area contributed by atoms with Crippen LogP contribution in [0.15, 0.2) is 91.0 Å². The largest absolute Gasteiger partial charge is 0.462 e. The molecule has 1 heterocycles. The molecule has 0 aliphatic carbocycles. The number of benzene rings is 3. The van der Waals surface area contributed by atoms with E-state index in [-0.39, 0.29) is 64.2 Å². The molecule has 3 aromatic rings. The molecule has 4 rings (SSSR count). The van der Waals surface area contributed by atoms with Gasteiger partial charge in [-0.2, -0.15) is 0 Å². The number of carbonyl (C=O) groups is 6. The summed E-state index contributed by atoms with van der Waals surface area (Å²) < 4.78 is 25.6. The van der Waals surface area contributed by atoms with Crippen LogP contribution in [0, 0.1) is 0 Å². The van der Waals surface area contributed by atoms with Crippen LogP contribution in [0.25, 0.3) is 0 Å². The average molecular weight is 929 g/mol. The summed E-state index contributed by atoms with van der Waals surface area (Å²) in [6.45, 7) is 4.03. The van der Waals surface area contributed by atoms with Gasteiger partial charge in [0.2, 0.25) is 5.91 Å². The zero-order valence-electron chi connectivity index (χ0n) is 35.3. The van der Waals surface area contributed by atoms with Crippen molar-refractivity contribution in [1.82, 2.24) is 31.1 Å². The molecule has 0 radical (unpaired) electrons. The topological polar surface area (TPSA) is 203 Å². The summed E-state index contributed by atoms with van der Waals surface area (Å²) in [4.78, 5) is 76.0. The molecule has 0 spiro atoms. The molecule has 17 nitrogen and oxygen atoms in total. The highest BCUT2D eigenvalue weighted by molar-refractivity contribution is 8.76. The monoisotopic (exact) mass is 928 g/mol. The Bertz CT molecular complexity index is 1750. The standard InChI is InChI=1S/C43H56N6O11S3/c1-2-56-40(53)45-32-61-33-46-41(54)59-28-30-62-63-31-29-60-42(55)49-24-22-48(23-25-49)37(50)18-19-38(51)57-26-27-58-39(52)44-20-21-47-43(34-12-6-3-7-13-34,35-14-8-4-9-15-35)36-16-10-5-11-17-36/h3-17,47H,2,18-33H2,1H3,(H,44,52)(H,45,53)(H,46,54). The fourth-order valence-corrected chi connectivity index (χ4v) is 8.44. The van der Waals surface area contributed by atoms with Crippen molar-refractivity contribution in [1.29, 1.82) is 0 Å². The highest BCUT2D eigenvalue weighted by Crippen LogP contribution is 2.36. The number of hydrogen-bond donors (Lipinski definition) is 4. The number of piperazine rings is 1. The van der Waals surface area contributed by atoms with E-state index in [9.17, 15) is 28.8 Å². The summed E-state index contributed by atoms with van der Waals surface area (Å²) in [5, 5.41) is 11.5. The average Bonchev–Trinajstić information content (AvgIpc) is 3.31. The van der Waals surface area contributed by atoms with E-state index in [0.29, 0.717) is 50.1 Å². The van der Waals surface area contributed by atoms with E-state index in [4.69, 9.17) is 23.7 Å². The summed E-state index contributed by atoms with van der Waals surface area (Å²) >= 11 is 1.29. The quantitative estimate of drug-likeness (QED) is 0.0210. The van der Waals surface area contributed by atoms with Crippen LogP contribution in [-0.4, -0.2) is 142 Å². The number of nitrogens with one attached hydrogen (secondary N) is 4. The predicted octanol–water partition coefficient (Wildman–Crippen LogP) is 5.40. The van der Waals surface area contributed by atoms with E-state index < -0.39 is 35.9 Å². The number of amides is 5. The zero-order chi connectivity index (χ0) is 45.0. The summed E-state index contributed by atoms with van der Waals surface area (Å²) in [7, 11) is 2.96. The van der Waals surface area contributed by atoms with E-state index in [2.05, 4.69) is 57.7 Å². The molecular weight excluding hydrogens is 873 g/mol. The number of esters is 1. The van der Waals surface area contributed by atoms with Gasteiger partial charge in [-0.15, -0.1) is 11.8 Å². The zero-order valence-corrected chi connectivity index (χ0v) is 37.7. The number of thioether (sulfide) groups is 1. The molecule has 0 aromatic heterocycles. The molecule has 0 bridgehead atoms. The second-order valence-corrected chi connectivity index (χ2v) is 17.1. The van der Waals surface area contributed by atoms with Gasteiger partial charge in [0.25, 0.3) is 0 Å². The highest BCUT2D eigenvalue weighted by Gasteiger charge is 2.35. The molecule has 1 saturated heterocycles. The van der Waals surface area contributed by atoms with Gasteiger partial charge in [0, 0.05) is 57.2 Å². The maximum atomic E-state index is 12.7. The lowest BCUT2D eigenvalue weighted by Gasteiger charge is -2.37. The minimum Gasteiger partial charge on any atom is -0.462 e. The van der Waals surface area contributed by atoms with Gasteiger partial charge in [-0.25, -0.2) is 19.2 Å². The van der Waals surface area contributed by atoms with Crippen molar-refractivity contribution in [2.24, 2.45) is 0 Å². The molecule has 20 heteroatoms. The van der Waals surface area contributed by atoms with Crippen molar-refractivity contribution in [2.45, 2.75) is 25.3 Å². The lowest BCUT2D eigenvalue weighted by Crippen LogP contribution is -2.50. The van der Waals surface area contributed by atoms with Crippen LogP contribution in [-0.2, 0) is 38.8 Å². The molecule has 1 fully saturated rings. The third-order valence-corrected chi connectivity index (χ3v) is 12.2. The second-order valence-electron chi connectivity index (χ2n) is 13.4. The molecule has 0 atom stereocenters. The second kappa shape index (κ2) is 29.1. The van der Waals surface area contributed by atoms with Gasteiger partial charge in [-0.1, -0.05) is 113 Å². The van der Waals surface area contributed by atoms with Crippen LogP contribution >= 0.6 is 33.3 Å². The van der Waals surface area contributed by atoms with Gasteiger partial charge in [0.1, 0.15) is 26.4 Å². The van der Waals surface area contributed by atoms with Crippen molar-refractivity contribution in [3.63, 3.8) is 0 Å². The van der Waals surface area contributed by atoms with E-state index in [0.717, 1.165) is 16.7 Å². The Morgan fingerprint density at radius 3 is 1.59 bits per heavy atom. The lowest BCUT2D eigenvalue weighted by molar-refractivity contribution is -0.147. The number of ether oxygens (including phenoxy) is 5. The molecule has 1 aliphatic rings. The predicted molar refractivity (Wildman–Crippen MR) is 243 cm³/mol. The summed E-state index contributed by atoms with van der Waals surface area (Å²) in [6.07, 6.45) is -2.36. The fourth-order valence-electron chi connectivity index (χ4n) is 6.25. The smallest absolute Gasteiger partial charge is 0.409 e. The van der Waals surface area contributed by atoms with Crippen molar-refractivity contribution in [2.75, 3.05) is 95.6 Å². The van der Waals surface area contributed by atoms with Crippen molar-refractivity contribution in [3.8, 4) is 0 Å². The molecule has 1 aliphatic heterocycles. The Labute approximate surface area is 380 Å². The maximum absolute atomic E-state index is 12.7. The maximum Gasteiger partial charge on any atom is 0.409 e. The number of hydrogen-bond acceptors (Lipinski definition) is 15. The first-order valence-electron chi connectivity index (χ1n) is 20.5. The minimum absolute atomic E-state index is 0.0476. The Kier molecular flexibility index (Phi) is 23.3. The van der Waals surface area contributed by atoms with Crippen LogP contribution in [0.1, 0.15) is 36.5 Å². The minimum atomic E-state index is -0.675. The van der Waals surface area contributed by atoms with E-state index >= 15 is 0 Å². The molecule has 342 valence electrons. The van der Waals surface area contributed by atoms with Crippen molar-refractivity contribution < 1.29 is 52.5 Å². The molecule has 0 unspecified atom stereocenters. The van der Waals surface area contributed by atoms with Crippen LogP contribution in [0.5, 0.6) is 0 Å².